The third-order valence-electron chi connectivity index (χ3n) is 3.41. The molecule has 1 aromatic heterocycles. The lowest BCUT2D eigenvalue weighted by Crippen LogP contribution is -2.16. The van der Waals surface area contributed by atoms with Crippen LogP contribution in [0, 0.1) is 0 Å². The van der Waals surface area contributed by atoms with Crippen LogP contribution < -0.4 is 5.32 Å². The number of nitrogens with zero attached hydrogens (tertiary/aromatic N) is 2. The first-order valence-electron chi connectivity index (χ1n) is 6.49. The van der Waals surface area contributed by atoms with Gasteiger partial charge in [-0.2, -0.15) is 4.98 Å². The van der Waals surface area contributed by atoms with Crippen molar-refractivity contribution < 1.29 is 4.52 Å². The maximum atomic E-state index is 4.95. The van der Waals surface area contributed by atoms with Crippen molar-refractivity contribution in [2.24, 2.45) is 0 Å². The zero-order chi connectivity index (χ0) is 12.2. The highest BCUT2D eigenvalue weighted by atomic mass is 16.5. The Morgan fingerprint density at radius 1 is 1.22 bits per heavy atom. The lowest BCUT2D eigenvalue weighted by Gasteiger charge is -2.06. The van der Waals surface area contributed by atoms with Gasteiger partial charge in [0.15, 0.2) is 6.33 Å². The van der Waals surface area contributed by atoms with Gasteiger partial charge in [0.05, 0.1) is 0 Å². The minimum Gasteiger partial charge on any atom is -0.340 e. The average Bonchev–Trinajstić information content (AvgIpc) is 3.05. The molecule has 1 N–H and O–H groups in total. The molecule has 2 aromatic rings. The van der Waals surface area contributed by atoms with Gasteiger partial charge in [-0.15, -0.1) is 0 Å². The molecular weight excluding hydrogens is 226 g/mol. The van der Waals surface area contributed by atoms with Gasteiger partial charge in [0.2, 0.25) is 5.89 Å². The predicted molar refractivity (Wildman–Crippen MR) is 68.2 cm³/mol. The number of nitrogens with one attached hydrogen (secondary N) is 1. The average molecular weight is 243 g/mol. The molecule has 1 aliphatic carbocycles. The molecule has 0 unspecified atom stereocenters. The molecular formula is C14H17N3O. The molecule has 0 aliphatic heterocycles. The van der Waals surface area contributed by atoms with Crippen LogP contribution in [0.3, 0.4) is 0 Å². The van der Waals surface area contributed by atoms with Crippen molar-refractivity contribution in [1.29, 1.82) is 0 Å². The van der Waals surface area contributed by atoms with Crippen LogP contribution in [0.5, 0.6) is 0 Å². The van der Waals surface area contributed by atoms with Crippen LogP contribution in [0.25, 0.3) is 0 Å². The van der Waals surface area contributed by atoms with Crippen LogP contribution in [-0.4, -0.2) is 16.7 Å². The van der Waals surface area contributed by atoms with Crippen molar-refractivity contribution >= 4 is 0 Å². The van der Waals surface area contributed by atoms with Gasteiger partial charge in [-0.1, -0.05) is 23.4 Å². The Hall–Kier alpha value is -1.68. The highest BCUT2D eigenvalue weighted by molar-refractivity contribution is 5.35. The number of benzene rings is 1. The summed E-state index contributed by atoms with van der Waals surface area (Å²) in [7, 11) is 0. The molecule has 0 fully saturated rings. The van der Waals surface area contributed by atoms with E-state index in [1.54, 1.807) is 0 Å². The summed E-state index contributed by atoms with van der Waals surface area (Å²) in [6.45, 7) is 1.76. The zero-order valence-electron chi connectivity index (χ0n) is 10.4. The van der Waals surface area contributed by atoms with Crippen LogP contribution in [0.4, 0.5) is 0 Å². The van der Waals surface area contributed by atoms with E-state index in [1.165, 1.54) is 42.3 Å². The Bertz CT molecular complexity index is 508. The fourth-order valence-electron chi connectivity index (χ4n) is 2.47. The highest BCUT2D eigenvalue weighted by Gasteiger charge is 2.10. The van der Waals surface area contributed by atoms with E-state index >= 15 is 0 Å². The van der Waals surface area contributed by atoms with Gasteiger partial charge >= 0.3 is 0 Å². The fourth-order valence-corrected chi connectivity index (χ4v) is 2.47. The Labute approximate surface area is 106 Å². The van der Waals surface area contributed by atoms with Crippen LogP contribution in [-0.2, 0) is 25.8 Å². The Morgan fingerprint density at radius 2 is 2.17 bits per heavy atom. The van der Waals surface area contributed by atoms with E-state index in [9.17, 15) is 0 Å². The largest absolute Gasteiger partial charge is 0.340 e. The fraction of sp³-hybridized carbons (Fsp3) is 0.429. The first-order chi connectivity index (χ1) is 8.92. The first kappa shape index (κ1) is 11.4. The van der Waals surface area contributed by atoms with E-state index in [4.69, 9.17) is 4.52 Å². The molecule has 3 rings (SSSR count). The van der Waals surface area contributed by atoms with Gasteiger partial charge < -0.3 is 9.84 Å². The topological polar surface area (TPSA) is 51.0 Å². The van der Waals surface area contributed by atoms with Crippen LogP contribution in [0.15, 0.2) is 29.0 Å². The molecule has 94 valence electrons. The van der Waals surface area contributed by atoms with E-state index in [1.807, 2.05) is 0 Å². The van der Waals surface area contributed by atoms with Gasteiger partial charge in [0.1, 0.15) is 0 Å². The molecule has 0 spiro atoms. The second-order valence-corrected chi connectivity index (χ2v) is 4.72. The summed E-state index contributed by atoms with van der Waals surface area (Å²) in [6.07, 6.45) is 6.02. The summed E-state index contributed by atoms with van der Waals surface area (Å²) in [5, 5.41) is 6.99. The molecule has 0 saturated carbocycles. The van der Waals surface area contributed by atoms with Gasteiger partial charge in [0, 0.05) is 19.5 Å². The quantitative estimate of drug-likeness (QED) is 0.815. The number of hydrogen-bond acceptors (Lipinski definition) is 4. The van der Waals surface area contributed by atoms with Gasteiger partial charge in [-0.25, -0.2) is 0 Å². The summed E-state index contributed by atoms with van der Waals surface area (Å²) >= 11 is 0. The monoisotopic (exact) mass is 243 g/mol. The number of rotatable bonds is 5. The van der Waals surface area contributed by atoms with E-state index in [0.29, 0.717) is 5.89 Å². The second kappa shape index (κ2) is 5.31. The molecule has 0 atom stereocenters. The second-order valence-electron chi connectivity index (χ2n) is 4.72. The molecule has 0 radical (unpaired) electrons. The van der Waals surface area contributed by atoms with Gasteiger partial charge in [-0.3, -0.25) is 0 Å². The third kappa shape index (κ3) is 2.59. The number of aryl methyl sites for hydroxylation is 2. The normalized spacial score (nSPS) is 13.8. The van der Waals surface area contributed by atoms with Crippen molar-refractivity contribution in [3.8, 4) is 0 Å². The zero-order valence-corrected chi connectivity index (χ0v) is 10.4. The van der Waals surface area contributed by atoms with E-state index in [0.717, 1.165) is 19.5 Å². The first-order valence-corrected chi connectivity index (χ1v) is 6.49. The van der Waals surface area contributed by atoms with Crippen molar-refractivity contribution in [3.05, 3.63) is 47.1 Å². The molecule has 0 bridgehead atoms. The lowest BCUT2D eigenvalue weighted by atomic mass is 10.1. The minimum absolute atomic E-state index is 0.691. The standard InChI is InChI=1S/C14H17N3O/c1-2-12-5-4-11(8-13(12)3-1)9-15-7-6-14-16-10-17-18-14/h4-5,8,10,15H,1-3,6-7,9H2. The van der Waals surface area contributed by atoms with E-state index in [2.05, 4.69) is 33.7 Å². The van der Waals surface area contributed by atoms with Crippen LogP contribution in [0.2, 0.25) is 0 Å². The maximum Gasteiger partial charge on any atom is 0.227 e. The van der Waals surface area contributed by atoms with Crippen LogP contribution >= 0.6 is 0 Å². The van der Waals surface area contributed by atoms with Gasteiger partial charge in [-0.05, 0) is 36.0 Å². The molecule has 0 amide bonds. The molecule has 18 heavy (non-hydrogen) atoms. The lowest BCUT2D eigenvalue weighted by molar-refractivity contribution is 0.375. The molecule has 1 aromatic carbocycles. The smallest absolute Gasteiger partial charge is 0.227 e. The molecule has 1 heterocycles. The number of aromatic nitrogens is 2. The number of fused-ring (bicyclic) bond motifs is 1. The van der Waals surface area contributed by atoms with E-state index in [-0.39, 0.29) is 0 Å². The molecule has 4 heteroatoms. The molecule has 0 saturated heterocycles. The van der Waals surface area contributed by atoms with Crippen molar-refractivity contribution in [3.63, 3.8) is 0 Å². The molecule has 1 aliphatic rings. The number of hydrogen-bond donors (Lipinski definition) is 1. The minimum atomic E-state index is 0.691. The predicted octanol–water partition coefficient (Wildman–Crippen LogP) is 1.89. The van der Waals surface area contributed by atoms with Crippen molar-refractivity contribution in [2.75, 3.05) is 6.54 Å². The summed E-state index contributed by atoms with van der Waals surface area (Å²) < 4.78 is 4.95. The molecule has 4 nitrogen and oxygen atoms in total. The SMILES string of the molecule is c1noc(CCNCc2ccc3c(c2)CCC3)n1. The Balaban J connectivity index is 1.48. The maximum absolute atomic E-state index is 4.95. The summed E-state index contributed by atoms with van der Waals surface area (Å²) in [5.74, 6) is 0.691. The summed E-state index contributed by atoms with van der Waals surface area (Å²) in [4.78, 5) is 3.99. The van der Waals surface area contributed by atoms with Crippen molar-refractivity contribution in [2.45, 2.75) is 32.2 Å². The van der Waals surface area contributed by atoms with Gasteiger partial charge in [0.25, 0.3) is 0 Å². The Morgan fingerprint density at radius 3 is 3.06 bits per heavy atom. The summed E-state index contributed by atoms with van der Waals surface area (Å²) in [6, 6.07) is 6.84. The van der Waals surface area contributed by atoms with Crippen molar-refractivity contribution in [1.82, 2.24) is 15.5 Å². The third-order valence-corrected chi connectivity index (χ3v) is 3.41. The summed E-state index contributed by atoms with van der Waals surface area (Å²) in [5.41, 5.74) is 4.43. The van der Waals surface area contributed by atoms with Crippen LogP contribution in [0.1, 0.15) is 29.0 Å². The Kier molecular flexibility index (Phi) is 3.37. The van der Waals surface area contributed by atoms with E-state index < -0.39 is 0 Å². The highest BCUT2D eigenvalue weighted by Crippen LogP contribution is 2.22.